The van der Waals surface area contributed by atoms with Gasteiger partial charge < -0.3 is 10.0 Å². The van der Waals surface area contributed by atoms with Crippen molar-refractivity contribution in [1.82, 2.24) is 29.6 Å². The lowest BCUT2D eigenvalue weighted by molar-refractivity contribution is -0.300. The number of rotatable bonds is 3. The molecule has 12 heteroatoms. The predicted octanol–water partition coefficient (Wildman–Crippen LogP) is 4.17. The third kappa shape index (κ3) is 3.65. The fraction of sp³-hybridized carbons (Fsp3) is 0.538. The van der Waals surface area contributed by atoms with Crippen molar-refractivity contribution in [3.63, 3.8) is 0 Å². The Labute approximate surface area is 222 Å². The number of hydrogen-bond acceptors (Lipinski definition) is 7. The lowest BCUT2D eigenvalue weighted by Crippen LogP contribution is -2.62. The molecule has 1 spiro atoms. The Morgan fingerprint density at radius 2 is 1.76 bits per heavy atom. The van der Waals surface area contributed by atoms with E-state index >= 15 is 0 Å². The average Bonchev–Trinajstić information content (AvgIpc) is 3.10. The summed E-state index contributed by atoms with van der Waals surface area (Å²) in [7, 11) is 0. The molecule has 1 saturated heterocycles. The minimum Gasteiger partial charge on any atom is -0.380 e. The van der Waals surface area contributed by atoms with Crippen molar-refractivity contribution in [2.45, 2.75) is 69.4 Å². The number of anilines is 1. The first kappa shape index (κ1) is 24.3. The average molecular weight is 546 g/mol. The van der Waals surface area contributed by atoms with Crippen LogP contribution in [0.3, 0.4) is 0 Å². The van der Waals surface area contributed by atoms with Gasteiger partial charge in [-0.05, 0) is 43.5 Å². The van der Waals surface area contributed by atoms with Crippen LogP contribution < -0.4 is 4.90 Å². The molecule has 3 fully saturated rings. The number of aromatic nitrogens is 5. The Hall–Kier alpha value is -2.76. The molecule has 0 unspecified atom stereocenters. The van der Waals surface area contributed by atoms with E-state index in [0.29, 0.717) is 23.9 Å². The Kier molecular flexibility index (Phi) is 5.19. The van der Waals surface area contributed by atoms with Gasteiger partial charge in [0.2, 0.25) is 0 Å². The second-order valence-electron chi connectivity index (χ2n) is 11.5. The van der Waals surface area contributed by atoms with E-state index in [1.807, 2.05) is 30.0 Å². The van der Waals surface area contributed by atoms with Gasteiger partial charge in [-0.25, -0.2) is 4.98 Å². The van der Waals surface area contributed by atoms with Crippen LogP contribution in [-0.4, -0.2) is 65.6 Å². The van der Waals surface area contributed by atoms with E-state index in [9.17, 15) is 18.3 Å². The highest BCUT2D eigenvalue weighted by atomic mass is 35.5. The molecule has 7 rings (SSSR count). The summed E-state index contributed by atoms with van der Waals surface area (Å²) >= 11 is 6.33. The molecule has 0 bridgehead atoms. The van der Waals surface area contributed by atoms with Crippen LogP contribution in [0.2, 0.25) is 5.02 Å². The molecule has 2 aliphatic carbocycles. The zero-order valence-corrected chi connectivity index (χ0v) is 21.5. The molecule has 38 heavy (non-hydrogen) atoms. The van der Waals surface area contributed by atoms with Crippen molar-refractivity contribution in [2.24, 2.45) is 5.41 Å². The van der Waals surface area contributed by atoms with Crippen LogP contribution in [0.5, 0.6) is 0 Å². The molecule has 2 aliphatic heterocycles. The molecule has 1 aromatic carbocycles. The van der Waals surface area contributed by atoms with E-state index in [0.717, 1.165) is 54.5 Å². The van der Waals surface area contributed by atoms with Crippen LogP contribution in [0, 0.1) is 12.3 Å². The first-order valence-corrected chi connectivity index (χ1v) is 13.2. The van der Waals surface area contributed by atoms with Gasteiger partial charge in [0.05, 0.1) is 17.9 Å². The standard InChI is InChI=1S/C26H27ClF3N7O/c1-15-22(32-5-4-31-15)36-13-24(14-36)7-17(8-24)23-34-33-21-12-35(19-9-25(38,10-19)26(28,29)30)11-16-6-18(27)2-3-20(16)37(21)23/h2-6,17,19,38H,7-14H2,1H3. The second kappa shape index (κ2) is 8.12. The third-order valence-electron chi connectivity index (χ3n) is 8.88. The second-order valence-corrected chi connectivity index (χ2v) is 11.9. The summed E-state index contributed by atoms with van der Waals surface area (Å²) in [6, 6.07) is 5.23. The third-order valence-corrected chi connectivity index (χ3v) is 9.11. The molecule has 2 saturated carbocycles. The summed E-state index contributed by atoms with van der Waals surface area (Å²) < 4.78 is 42.0. The highest BCUT2D eigenvalue weighted by Crippen LogP contribution is 2.57. The van der Waals surface area contributed by atoms with E-state index < -0.39 is 17.8 Å². The highest BCUT2D eigenvalue weighted by molar-refractivity contribution is 6.30. The van der Waals surface area contributed by atoms with Gasteiger partial charge in [0.25, 0.3) is 0 Å². The normalized spacial score (nSPS) is 26.7. The molecular formula is C26H27ClF3N7O. The maximum atomic E-state index is 13.3. The van der Waals surface area contributed by atoms with Gasteiger partial charge in [0.15, 0.2) is 11.4 Å². The zero-order chi connectivity index (χ0) is 26.4. The zero-order valence-electron chi connectivity index (χ0n) is 20.8. The van der Waals surface area contributed by atoms with Crippen molar-refractivity contribution in [3.05, 3.63) is 58.5 Å². The number of aliphatic hydroxyl groups is 1. The van der Waals surface area contributed by atoms with E-state index in [-0.39, 0.29) is 24.2 Å². The predicted molar refractivity (Wildman–Crippen MR) is 133 cm³/mol. The van der Waals surface area contributed by atoms with E-state index in [1.54, 1.807) is 12.4 Å². The number of benzene rings is 1. The first-order chi connectivity index (χ1) is 18.0. The van der Waals surface area contributed by atoms with Crippen LogP contribution in [0.15, 0.2) is 30.6 Å². The molecule has 2 aromatic heterocycles. The quantitative estimate of drug-likeness (QED) is 0.529. The fourth-order valence-corrected chi connectivity index (χ4v) is 7.03. The van der Waals surface area contributed by atoms with E-state index in [2.05, 4.69) is 29.6 Å². The lowest BCUT2D eigenvalue weighted by Gasteiger charge is -2.59. The number of nitrogens with zero attached hydrogens (tertiary/aromatic N) is 7. The molecule has 1 N–H and O–H groups in total. The van der Waals surface area contributed by atoms with Gasteiger partial charge in [-0.2, -0.15) is 13.2 Å². The molecule has 0 radical (unpaired) electrons. The van der Waals surface area contributed by atoms with Crippen molar-refractivity contribution in [3.8, 4) is 5.69 Å². The van der Waals surface area contributed by atoms with E-state index in [4.69, 9.17) is 11.6 Å². The molecule has 4 heterocycles. The number of hydrogen-bond donors (Lipinski definition) is 1. The SMILES string of the molecule is Cc1nccnc1N1CC2(CC(c3nnc4n3-c3ccc(Cl)cc3CN(C3CC(O)(C(F)(F)F)C3)C4)C2)C1. The summed E-state index contributed by atoms with van der Waals surface area (Å²) in [4.78, 5) is 13.1. The molecule has 8 nitrogen and oxygen atoms in total. The summed E-state index contributed by atoms with van der Waals surface area (Å²) in [5, 5.41) is 19.7. The van der Waals surface area contributed by atoms with Gasteiger partial charge in [0.1, 0.15) is 11.6 Å². The molecular weight excluding hydrogens is 519 g/mol. The van der Waals surface area contributed by atoms with Gasteiger partial charge in [-0.1, -0.05) is 11.6 Å². The van der Waals surface area contributed by atoms with Gasteiger partial charge in [0, 0.05) is 67.3 Å². The van der Waals surface area contributed by atoms with Crippen LogP contribution in [0.4, 0.5) is 19.0 Å². The van der Waals surface area contributed by atoms with Crippen LogP contribution in [0.1, 0.15) is 54.5 Å². The molecule has 3 aromatic rings. The molecule has 0 atom stereocenters. The maximum absolute atomic E-state index is 13.3. The number of fused-ring (bicyclic) bond motifs is 3. The summed E-state index contributed by atoms with van der Waals surface area (Å²) in [6.45, 7) is 4.64. The number of alkyl halides is 3. The fourth-order valence-electron chi connectivity index (χ4n) is 6.83. The van der Waals surface area contributed by atoms with Crippen LogP contribution >= 0.6 is 11.6 Å². The van der Waals surface area contributed by atoms with Crippen LogP contribution in [0.25, 0.3) is 5.69 Å². The van der Waals surface area contributed by atoms with Crippen LogP contribution in [-0.2, 0) is 13.1 Å². The van der Waals surface area contributed by atoms with Gasteiger partial charge in [-0.15, -0.1) is 10.2 Å². The highest BCUT2D eigenvalue weighted by Gasteiger charge is 2.62. The maximum Gasteiger partial charge on any atom is 0.417 e. The van der Waals surface area contributed by atoms with Crippen molar-refractivity contribution < 1.29 is 18.3 Å². The molecule has 0 amide bonds. The lowest BCUT2D eigenvalue weighted by atomic mass is 9.57. The minimum absolute atomic E-state index is 0.231. The van der Waals surface area contributed by atoms with Gasteiger partial charge >= 0.3 is 6.18 Å². The Morgan fingerprint density at radius 1 is 1.03 bits per heavy atom. The van der Waals surface area contributed by atoms with Crippen molar-refractivity contribution in [2.75, 3.05) is 18.0 Å². The minimum atomic E-state index is -4.63. The number of aryl methyl sites for hydroxylation is 1. The van der Waals surface area contributed by atoms with Crippen molar-refractivity contribution >= 4 is 17.4 Å². The van der Waals surface area contributed by atoms with Crippen molar-refractivity contribution in [1.29, 1.82) is 0 Å². The summed E-state index contributed by atoms with van der Waals surface area (Å²) in [5.41, 5.74) is 0.376. The Morgan fingerprint density at radius 3 is 2.47 bits per heavy atom. The van der Waals surface area contributed by atoms with E-state index in [1.165, 1.54) is 0 Å². The largest absolute Gasteiger partial charge is 0.417 e. The molecule has 200 valence electrons. The van der Waals surface area contributed by atoms with Gasteiger partial charge in [-0.3, -0.25) is 14.5 Å². The Balaban J connectivity index is 1.12. The monoisotopic (exact) mass is 545 g/mol. The summed E-state index contributed by atoms with van der Waals surface area (Å²) in [5.74, 6) is 2.79. The smallest absolute Gasteiger partial charge is 0.380 e. The first-order valence-electron chi connectivity index (χ1n) is 12.8. The Bertz CT molecular complexity index is 1410. The summed E-state index contributed by atoms with van der Waals surface area (Å²) in [6.07, 6.45) is 0.0953. The number of halogens is 4. The molecule has 4 aliphatic rings. The topological polar surface area (TPSA) is 83.2 Å².